The molecule has 0 saturated carbocycles. The fraction of sp³-hybridized carbons (Fsp3) is 0.278. The highest BCUT2D eigenvalue weighted by atomic mass is 35.5. The van der Waals surface area contributed by atoms with Crippen molar-refractivity contribution in [1.29, 1.82) is 0 Å². The highest BCUT2D eigenvalue weighted by Crippen LogP contribution is 2.33. The highest BCUT2D eigenvalue weighted by Gasteiger charge is 2.32. The van der Waals surface area contributed by atoms with Gasteiger partial charge in [0.05, 0.1) is 22.9 Å². The molecule has 0 fully saturated rings. The van der Waals surface area contributed by atoms with E-state index < -0.39 is 17.0 Å². The van der Waals surface area contributed by atoms with Gasteiger partial charge < -0.3 is 10.1 Å². The van der Waals surface area contributed by atoms with Crippen LogP contribution in [-0.2, 0) is 17.5 Å². The third-order valence-electron chi connectivity index (χ3n) is 4.05. The first-order valence-electron chi connectivity index (χ1n) is 8.38. The zero-order chi connectivity index (χ0) is 21.2. The molecule has 6 nitrogen and oxygen atoms in total. The van der Waals surface area contributed by atoms with Crippen LogP contribution in [0.25, 0.3) is 5.65 Å². The van der Waals surface area contributed by atoms with Crippen LogP contribution in [0.3, 0.4) is 0 Å². The van der Waals surface area contributed by atoms with Crippen LogP contribution in [0.15, 0.2) is 41.7 Å². The summed E-state index contributed by atoms with van der Waals surface area (Å²) in [4.78, 5) is 12.4. The summed E-state index contributed by atoms with van der Waals surface area (Å²) in [6.07, 6.45) is -3.70. The minimum Gasteiger partial charge on any atom is -0.496 e. The van der Waals surface area contributed by atoms with Gasteiger partial charge in [-0.2, -0.15) is 13.2 Å². The average Bonchev–Trinajstić information content (AvgIpc) is 3.09. The van der Waals surface area contributed by atoms with Crippen molar-refractivity contribution in [2.75, 3.05) is 7.11 Å². The molecule has 3 aromatic rings. The van der Waals surface area contributed by atoms with Crippen LogP contribution in [0.5, 0.6) is 5.75 Å². The summed E-state index contributed by atoms with van der Waals surface area (Å²) in [7, 11) is 1.54. The molecule has 3 rings (SSSR count). The molecule has 2 heterocycles. The number of carbonyl (C=O) groups excluding carboxylic acids is 1. The molecule has 0 spiro atoms. The molecule has 0 radical (unpaired) electrons. The van der Waals surface area contributed by atoms with Gasteiger partial charge in [0.2, 0.25) is 5.91 Å². The van der Waals surface area contributed by atoms with Gasteiger partial charge in [0.15, 0.2) is 10.8 Å². The number of rotatable bonds is 6. The van der Waals surface area contributed by atoms with Crippen LogP contribution in [0.4, 0.5) is 13.2 Å². The molecular weight excluding hydrogens is 429 g/mol. The van der Waals surface area contributed by atoms with Gasteiger partial charge in [0.1, 0.15) is 5.75 Å². The maximum atomic E-state index is 13.1. The van der Waals surface area contributed by atoms with E-state index in [0.717, 1.165) is 34.0 Å². The van der Waals surface area contributed by atoms with E-state index in [1.165, 1.54) is 7.11 Å². The van der Waals surface area contributed by atoms with Crippen molar-refractivity contribution in [3.63, 3.8) is 0 Å². The number of amides is 1. The first kappa shape index (κ1) is 21.3. The molecule has 1 N–H and O–H groups in total. The molecule has 0 saturated heterocycles. The number of thioether (sulfide) groups is 1. The van der Waals surface area contributed by atoms with Gasteiger partial charge in [-0.15, -0.1) is 10.2 Å². The predicted molar refractivity (Wildman–Crippen MR) is 103 cm³/mol. The maximum Gasteiger partial charge on any atom is 0.417 e. The summed E-state index contributed by atoms with van der Waals surface area (Å²) in [5, 5.41) is 9.79. The summed E-state index contributed by atoms with van der Waals surface area (Å²) >= 11 is 6.88. The van der Waals surface area contributed by atoms with Crippen molar-refractivity contribution >= 4 is 34.9 Å². The Morgan fingerprint density at radius 1 is 1.34 bits per heavy atom. The topological polar surface area (TPSA) is 68.5 Å². The Hall–Kier alpha value is -2.46. The van der Waals surface area contributed by atoms with E-state index in [4.69, 9.17) is 16.3 Å². The molecule has 1 aromatic carbocycles. The standard InChI is InChI=1S/C18H16ClF3N4O2S/c1-10(16(27)23-8-11-5-3-4-6-14(11)28-2)29-17-25-24-15-13(19)7-12(9-26(15)17)18(20,21)22/h3-7,9-10H,8H2,1-2H3,(H,23,27). The molecule has 29 heavy (non-hydrogen) atoms. The molecule has 2 aromatic heterocycles. The minimum atomic E-state index is -4.57. The van der Waals surface area contributed by atoms with Crippen LogP contribution in [0, 0.1) is 0 Å². The van der Waals surface area contributed by atoms with Crippen molar-refractivity contribution in [3.05, 3.63) is 52.7 Å². The molecule has 0 aliphatic heterocycles. The molecular formula is C18H16ClF3N4O2S. The quantitative estimate of drug-likeness (QED) is 0.577. The summed E-state index contributed by atoms with van der Waals surface area (Å²) in [6.45, 7) is 1.87. The Bertz CT molecular complexity index is 1040. The van der Waals surface area contributed by atoms with Gasteiger partial charge in [-0.1, -0.05) is 41.6 Å². The number of ether oxygens (including phenoxy) is 1. The number of nitrogens with zero attached hydrogens (tertiary/aromatic N) is 3. The van der Waals surface area contributed by atoms with E-state index in [1.807, 2.05) is 18.2 Å². The number of benzene rings is 1. The van der Waals surface area contributed by atoms with Crippen molar-refractivity contribution in [1.82, 2.24) is 19.9 Å². The number of hydrogen-bond donors (Lipinski definition) is 1. The van der Waals surface area contributed by atoms with Crippen LogP contribution < -0.4 is 10.1 Å². The molecule has 154 valence electrons. The van der Waals surface area contributed by atoms with E-state index in [0.29, 0.717) is 5.75 Å². The smallest absolute Gasteiger partial charge is 0.417 e. The number of fused-ring (bicyclic) bond motifs is 1. The van der Waals surface area contributed by atoms with Crippen molar-refractivity contribution in [2.45, 2.75) is 30.1 Å². The lowest BCUT2D eigenvalue weighted by Gasteiger charge is -2.13. The molecule has 0 bridgehead atoms. The number of pyridine rings is 1. The molecule has 1 unspecified atom stereocenters. The summed E-state index contributed by atoms with van der Waals surface area (Å²) < 4.78 is 45.5. The van der Waals surface area contributed by atoms with Gasteiger partial charge in [-0.05, 0) is 19.1 Å². The zero-order valence-corrected chi connectivity index (χ0v) is 16.9. The number of halogens is 4. The normalized spacial score (nSPS) is 12.8. The van der Waals surface area contributed by atoms with Crippen LogP contribution >= 0.6 is 23.4 Å². The third-order valence-corrected chi connectivity index (χ3v) is 5.39. The van der Waals surface area contributed by atoms with Crippen LogP contribution in [0.1, 0.15) is 18.1 Å². The fourth-order valence-corrected chi connectivity index (χ4v) is 3.65. The Morgan fingerprint density at radius 3 is 2.76 bits per heavy atom. The molecule has 11 heteroatoms. The van der Waals surface area contributed by atoms with Gasteiger partial charge >= 0.3 is 6.18 Å². The van der Waals surface area contributed by atoms with Gasteiger partial charge in [0.25, 0.3) is 0 Å². The Labute approximate surface area is 173 Å². The number of aromatic nitrogens is 3. The minimum absolute atomic E-state index is 0.0868. The van der Waals surface area contributed by atoms with E-state index >= 15 is 0 Å². The van der Waals surface area contributed by atoms with Crippen LogP contribution in [-0.4, -0.2) is 32.9 Å². The van der Waals surface area contributed by atoms with E-state index in [1.54, 1.807) is 13.0 Å². The van der Waals surface area contributed by atoms with Crippen LogP contribution in [0.2, 0.25) is 5.02 Å². The highest BCUT2D eigenvalue weighted by molar-refractivity contribution is 8.00. The number of para-hydroxylation sites is 1. The molecule has 1 amide bonds. The van der Waals surface area contributed by atoms with E-state index in [-0.39, 0.29) is 28.3 Å². The molecule has 0 aliphatic carbocycles. The largest absolute Gasteiger partial charge is 0.496 e. The fourth-order valence-electron chi connectivity index (χ4n) is 2.56. The molecule has 0 aliphatic rings. The lowest BCUT2D eigenvalue weighted by atomic mass is 10.2. The number of alkyl halides is 3. The van der Waals surface area contributed by atoms with Gasteiger partial charge in [-0.25, -0.2) is 0 Å². The number of methoxy groups -OCH3 is 1. The Kier molecular flexibility index (Phi) is 6.23. The number of hydrogen-bond acceptors (Lipinski definition) is 5. The number of carbonyl (C=O) groups is 1. The lowest BCUT2D eigenvalue weighted by molar-refractivity contribution is -0.137. The maximum absolute atomic E-state index is 13.1. The Balaban J connectivity index is 1.74. The predicted octanol–water partition coefficient (Wildman–Crippen LogP) is 4.21. The number of nitrogens with one attached hydrogen (secondary N) is 1. The lowest BCUT2D eigenvalue weighted by Crippen LogP contribution is -2.30. The SMILES string of the molecule is COc1ccccc1CNC(=O)C(C)Sc1nnc2c(Cl)cc(C(F)(F)F)cn12. The van der Waals surface area contributed by atoms with Crippen molar-refractivity contribution < 1.29 is 22.7 Å². The third kappa shape index (κ3) is 4.76. The second-order valence-corrected chi connectivity index (χ2v) is 7.76. The second kappa shape index (κ2) is 8.50. The van der Waals surface area contributed by atoms with E-state index in [2.05, 4.69) is 15.5 Å². The average molecular weight is 445 g/mol. The summed E-state index contributed by atoms with van der Waals surface area (Å²) in [5.74, 6) is 0.335. The second-order valence-electron chi connectivity index (χ2n) is 6.04. The zero-order valence-electron chi connectivity index (χ0n) is 15.3. The van der Waals surface area contributed by atoms with Crippen molar-refractivity contribution in [3.8, 4) is 5.75 Å². The van der Waals surface area contributed by atoms with Gasteiger partial charge in [-0.3, -0.25) is 9.20 Å². The first-order chi connectivity index (χ1) is 13.7. The first-order valence-corrected chi connectivity index (χ1v) is 9.64. The summed E-state index contributed by atoms with van der Waals surface area (Å²) in [6, 6.07) is 8.04. The van der Waals surface area contributed by atoms with E-state index in [9.17, 15) is 18.0 Å². The summed E-state index contributed by atoms with van der Waals surface area (Å²) in [5.41, 5.74) is -0.0381. The monoisotopic (exact) mass is 444 g/mol. The molecule has 1 atom stereocenters. The van der Waals surface area contributed by atoms with Gasteiger partial charge in [0, 0.05) is 18.3 Å². The van der Waals surface area contributed by atoms with Crippen molar-refractivity contribution in [2.24, 2.45) is 0 Å². The Morgan fingerprint density at radius 2 is 2.07 bits per heavy atom.